The Hall–Kier alpha value is -1.99. The fourth-order valence-electron chi connectivity index (χ4n) is 2.36. The van der Waals surface area contributed by atoms with Gasteiger partial charge in [0.15, 0.2) is 0 Å². The largest absolute Gasteiger partial charge is 0.417 e. The Labute approximate surface area is 127 Å². The number of alkyl halides is 3. The van der Waals surface area contributed by atoms with Gasteiger partial charge >= 0.3 is 12.2 Å². The Morgan fingerprint density at radius 1 is 1.18 bits per heavy atom. The Kier molecular flexibility index (Phi) is 4.77. The molecule has 1 saturated heterocycles. The number of hydrogen-bond acceptors (Lipinski definition) is 3. The fraction of sp³-hybridized carbons (Fsp3) is 0.571. The second-order valence-corrected chi connectivity index (χ2v) is 5.41. The van der Waals surface area contributed by atoms with Gasteiger partial charge in [0.25, 0.3) is 0 Å². The van der Waals surface area contributed by atoms with Crippen molar-refractivity contribution >= 4 is 11.8 Å². The summed E-state index contributed by atoms with van der Waals surface area (Å²) in [7, 11) is 3.39. The van der Waals surface area contributed by atoms with Gasteiger partial charge in [-0.1, -0.05) is 0 Å². The molecule has 0 radical (unpaired) electrons. The van der Waals surface area contributed by atoms with Crippen molar-refractivity contribution in [1.82, 2.24) is 14.8 Å². The lowest BCUT2D eigenvalue weighted by Gasteiger charge is -2.25. The molecule has 0 N–H and O–H groups in total. The number of aromatic nitrogens is 1. The summed E-state index contributed by atoms with van der Waals surface area (Å²) in [6.45, 7) is 2.38. The van der Waals surface area contributed by atoms with Gasteiger partial charge < -0.3 is 14.7 Å². The zero-order valence-electron chi connectivity index (χ0n) is 12.6. The van der Waals surface area contributed by atoms with Gasteiger partial charge in [-0.3, -0.25) is 0 Å². The molecule has 5 nitrogen and oxygen atoms in total. The first kappa shape index (κ1) is 16.4. The minimum Gasteiger partial charge on any atom is -0.355 e. The van der Waals surface area contributed by atoms with E-state index in [1.807, 2.05) is 4.90 Å². The first-order valence-electron chi connectivity index (χ1n) is 7.03. The Morgan fingerprint density at radius 2 is 1.91 bits per heavy atom. The first-order chi connectivity index (χ1) is 10.3. The summed E-state index contributed by atoms with van der Waals surface area (Å²) < 4.78 is 37.6. The van der Waals surface area contributed by atoms with E-state index in [0.717, 1.165) is 18.7 Å². The highest BCUT2D eigenvalue weighted by atomic mass is 19.4. The molecule has 2 rings (SSSR count). The van der Waals surface area contributed by atoms with E-state index in [2.05, 4.69) is 4.98 Å². The van der Waals surface area contributed by atoms with Crippen LogP contribution in [0.3, 0.4) is 0 Å². The van der Waals surface area contributed by atoms with Crippen LogP contribution >= 0.6 is 0 Å². The van der Waals surface area contributed by atoms with Crippen LogP contribution in [0.5, 0.6) is 0 Å². The summed E-state index contributed by atoms with van der Waals surface area (Å²) in [5, 5.41) is 0. The van der Waals surface area contributed by atoms with Crippen molar-refractivity contribution in [3.8, 4) is 0 Å². The predicted octanol–water partition coefficient (Wildman–Crippen LogP) is 2.29. The first-order valence-corrected chi connectivity index (χ1v) is 7.03. The van der Waals surface area contributed by atoms with E-state index in [4.69, 9.17) is 0 Å². The van der Waals surface area contributed by atoms with E-state index in [9.17, 15) is 18.0 Å². The van der Waals surface area contributed by atoms with Crippen molar-refractivity contribution in [2.45, 2.75) is 12.6 Å². The molecule has 122 valence electrons. The second-order valence-electron chi connectivity index (χ2n) is 5.41. The summed E-state index contributed by atoms with van der Waals surface area (Å²) in [4.78, 5) is 21.0. The average Bonchev–Trinajstić information content (AvgIpc) is 2.71. The highest BCUT2D eigenvalue weighted by Gasteiger charge is 2.31. The monoisotopic (exact) mass is 316 g/mol. The molecule has 1 aliphatic heterocycles. The number of nitrogens with zero attached hydrogens (tertiary/aromatic N) is 4. The predicted molar refractivity (Wildman–Crippen MR) is 76.7 cm³/mol. The summed E-state index contributed by atoms with van der Waals surface area (Å²) >= 11 is 0. The van der Waals surface area contributed by atoms with Crippen LogP contribution in [0, 0.1) is 0 Å². The molecule has 22 heavy (non-hydrogen) atoms. The zero-order chi connectivity index (χ0) is 16.3. The van der Waals surface area contributed by atoms with Crippen molar-refractivity contribution in [3.63, 3.8) is 0 Å². The molecule has 1 fully saturated rings. The summed E-state index contributed by atoms with van der Waals surface area (Å²) in [6, 6.07) is 2.37. The summed E-state index contributed by atoms with van der Waals surface area (Å²) in [6.07, 6.45) is -2.77. The molecule has 0 saturated carbocycles. The summed E-state index contributed by atoms with van der Waals surface area (Å²) in [5.41, 5.74) is -0.754. The topological polar surface area (TPSA) is 39.7 Å². The third kappa shape index (κ3) is 3.80. The van der Waals surface area contributed by atoms with Crippen LogP contribution < -0.4 is 4.90 Å². The van der Waals surface area contributed by atoms with Crippen LogP contribution in [0.15, 0.2) is 18.3 Å². The SMILES string of the molecule is CN(C)C(=O)N1CCCN(c2ccc(C(F)(F)F)cn2)CC1. The molecular formula is C14H19F3N4O. The normalized spacial score (nSPS) is 16.4. The van der Waals surface area contributed by atoms with Crippen molar-refractivity contribution in [3.05, 3.63) is 23.9 Å². The Morgan fingerprint density at radius 3 is 2.45 bits per heavy atom. The van der Waals surface area contributed by atoms with Crippen LogP contribution in [-0.4, -0.2) is 61.1 Å². The number of hydrogen-bond donors (Lipinski definition) is 0. The molecule has 1 aromatic rings. The quantitative estimate of drug-likeness (QED) is 0.798. The van der Waals surface area contributed by atoms with Gasteiger partial charge in [0.05, 0.1) is 5.56 Å². The molecule has 0 aromatic carbocycles. The van der Waals surface area contributed by atoms with E-state index in [1.165, 1.54) is 11.0 Å². The molecule has 1 aromatic heterocycles. The Bertz CT molecular complexity index is 516. The summed E-state index contributed by atoms with van der Waals surface area (Å²) in [5.74, 6) is 0.507. The van der Waals surface area contributed by atoms with Crippen molar-refractivity contribution < 1.29 is 18.0 Å². The van der Waals surface area contributed by atoms with Gasteiger partial charge in [-0.25, -0.2) is 9.78 Å². The fourth-order valence-corrected chi connectivity index (χ4v) is 2.36. The lowest BCUT2D eigenvalue weighted by atomic mass is 10.2. The van der Waals surface area contributed by atoms with Crippen LogP contribution in [0.1, 0.15) is 12.0 Å². The standard InChI is InChI=1S/C14H19F3N4O/c1-19(2)13(22)21-7-3-6-20(8-9-21)12-5-4-11(10-18-12)14(15,16)17/h4-5,10H,3,6-9H2,1-2H3. The second kappa shape index (κ2) is 6.41. The van der Waals surface area contributed by atoms with Gasteiger partial charge in [-0.2, -0.15) is 13.2 Å². The lowest BCUT2D eigenvalue weighted by Crippen LogP contribution is -2.41. The van der Waals surface area contributed by atoms with Crippen LogP contribution in [0.25, 0.3) is 0 Å². The van der Waals surface area contributed by atoms with Gasteiger partial charge in [-0.15, -0.1) is 0 Å². The smallest absolute Gasteiger partial charge is 0.355 e. The van der Waals surface area contributed by atoms with E-state index in [-0.39, 0.29) is 6.03 Å². The van der Waals surface area contributed by atoms with Crippen molar-refractivity contribution in [2.24, 2.45) is 0 Å². The third-order valence-corrected chi connectivity index (χ3v) is 3.55. The maximum atomic E-state index is 12.5. The Balaban J connectivity index is 2.03. The number of halogens is 3. The van der Waals surface area contributed by atoms with Crippen molar-refractivity contribution in [2.75, 3.05) is 45.2 Å². The molecule has 0 spiro atoms. The number of carbonyl (C=O) groups excluding carboxylic acids is 1. The van der Waals surface area contributed by atoms with Crippen molar-refractivity contribution in [1.29, 1.82) is 0 Å². The minimum absolute atomic E-state index is 0.0535. The van der Waals surface area contributed by atoms with Gasteiger partial charge in [-0.05, 0) is 18.6 Å². The maximum absolute atomic E-state index is 12.5. The highest BCUT2D eigenvalue weighted by molar-refractivity contribution is 5.73. The molecule has 2 amide bonds. The number of carbonyl (C=O) groups is 1. The third-order valence-electron chi connectivity index (χ3n) is 3.55. The molecular weight excluding hydrogens is 297 g/mol. The zero-order valence-corrected chi connectivity index (χ0v) is 12.6. The van der Waals surface area contributed by atoms with Gasteiger partial charge in [0, 0.05) is 46.5 Å². The molecule has 8 heteroatoms. The number of pyridine rings is 1. The minimum atomic E-state index is -4.38. The molecule has 1 aliphatic rings. The molecule has 2 heterocycles. The van der Waals surface area contributed by atoms with E-state index >= 15 is 0 Å². The molecule has 0 bridgehead atoms. The highest BCUT2D eigenvalue weighted by Crippen LogP contribution is 2.29. The molecule has 0 unspecified atom stereocenters. The van der Waals surface area contributed by atoms with E-state index in [1.54, 1.807) is 19.0 Å². The number of anilines is 1. The molecule has 0 aliphatic carbocycles. The van der Waals surface area contributed by atoms with E-state index < -0.39 is 11.7 Å². The van der Waals surface area contributed by atoms with Crippen LogP contribution in [-0.2, 0) is 6.18 Å². The number of rotatable bonds is 1. The molecule has 0 atom stereocenters. The van der Waals surface area contributed by atoms with E-state index in [0.29, 0.717) is 32.0 Å². The lowest BCUT2D eigenvalue weighted by molar-refractivity contribution is -0.137. The van der Waals surface area contributed by atoms with Crippen LogP contribution in [0.2, 0.25) is 0 Å². The number of urea groups is 1. The average molecular weight is 316 g/mol. The van der Waals surface area contributed by atoms with Gasteiger partial charge in [0.2, 0.25) is 0 Å². The maximum Gasteiger partial charge on any atom is 0.417 e. The number of amides is 2. The van der Waals surface area contributed by atoms with Gasteiger partial charge in [0.1, 0.15) is 5.82 Å². The van der Waals surface area contributed by atoms with Crippen LogP contribution in [0.4, 0.5) is 23.8 Å².